The molecule has 15 heavy (non-hydrogen) atoms. The predicted molar refractivity (Wildman–Crippen MR) is 65.2 cm³/mol. The molecule has 2 rings (SSSR count). The maximum Gasteiger partial charge on any atom is 0.0964 e. The SMILES string of the molecule is CC(C)(N)Cc1csc(C2CC2(C)C)n1. The van der Waals surface area contributed by atoms with Crippen LogP contribution in [0.4, 0.5) is 0 Å². The first kappa shape index (κ1) is 11.1. The molecule has 84 valence electrons. The minimum Gasteiger partial charge on any atom is -0.325 e. The number of hydrogen-bond acceptors (Lipinski definition) is 3. The fourth-order valence-electron chi connectivity index (χ4n) is 1.92. The fraction of sp³-hybridized carbons (Fsp3) is 0.750. The van der Waals surface area contributed by atoms with Crippen molar-refractivity contribution in [2.75, 3.05) is 0 Å². The zero-order chi connectivity index (χ0) is 11.3. The van der Waals surface area contributed by atoms with Crippen LogP contribution < -0.4 is 5.73 Å². The van der Waals surface area contributed by atoms with Gasteiger partial charge in [0, 0.05) is 23.3 Å². The molecule has 0 amide bonds. The van der Waals surface area contributed by atoms with Gasteiger partial charge in [-0.05, 0) is 25.7 Å². The summed E-state index contributed by atoms with van der Waals surface area (Å²) in [4.78, 5) is 4.69. The number of rotatable bonds is 3. The zero-order valence-electron chi connectivity index (χ0n) is 10.0. The van der Waals surface area contributed by atoms with Crippen LogP contribution in [0.3, 0.4) is 0 Å². The second-order valence-corrected chi connectivity index (χ2v) is 6.98. The van der Waals surface area contributed by atoms with Gasteiger partial charge in [-0.3, -0.25) is 0 Å². The minimum absolute atomic E-state index is 0.148. The Kier molecular flexibility index (Phi) is 2.43. The van der Waals surface area contributed by atoms with Gasteiger partial charge in [0.05, 0.1) is 10.7 Å². The van der Waals surface area contributed by atoms with Crippen molar-refractivity contribution < 1.29 is 0 Å². The average Bonchev–Trinajstić information content (AvgIpc) is 2.50. The van der Waals surface area contributed by atoms with E-state index >= 15 is 0 Å². The first-order valence-corrected chi connectivity index (χ1v) is 6.39. The number of thiazole rings is 1. The molecule has 1 heterocycles. The van der Waals surface area contributed by atoms with Gasteiger partial charge in [0.2, 0.25) is 0 Å². The summed E-state index contributed by atoms with van der Waals surface area (Å²) < 4.78 is 0. The van der Waals surface area contributed by atoms with E-state index in [-0.39, 0.29) is 5.54 Å². The largest absolute Gasteiger partial charge is 0.325 e. The molecule has 0 aliphatic heterocycles. The number of nitrogens with two attached hydrogens (primary N) is 1. The predicted octanol–water partition coefficient (Wildman–Crippen LogP) is 2.94. The van der Waals surface area contributed by atoms with E-state index in [1.165, 1.54) is 11.4 Å². The van der Waals surface area contributed by atoms with Crippen molar-refractivity contribution in [1.82, 2.24) is 4.98 Å². The summed E-state index contributed by atoms with van der Waals surface area (Å²) in [5, 5.41) is 3.47. The third-order valence-electron chi connectivity index (χ3n) is 3.02. The molecular weight excluding hydrogens is 204 g/mol. The van der Waals surface area contributed by atoms with Gasteiger partial charge < -0.3 is 5.73 Å². The summed E-state index contributed by atoms with van der Waals surface area (Å²) in [7, 11) is 0. The Morgan fingerprint density at radius 2 is 2.20 bits per heavy atom. The highest BCUT2D eigenvalue weighted by atomic mass is 32.1. The lowest BCUT2D eigenvalue weighted by Crippen LogP contribution is -2.34. The summed E-state index contributed by atoms with van der Waals surface area (Å²) in [6.07, 6.45) is 2.16. The summed E-state index contributed by atoms with van der Waals surface area (Å²) >= 11 is 1.80. The van der Waals surface area contributed by atoms with Crippen LogP contribution in [0.25, 0.3) is 0 Å². The van der Waals surface area contributed by atoms with Crippen molar-refractivity contribution in [3.8, 4) is 0 Å². The minimum atomic E-state index is -0.148. The molecule has 0 radical (unpaired) electrons. The molecule has 1 saturated carbocycles. The first-order valence-electron chi connectivity index (χ1n) is 5.51. The Morgan fingerprint density at radius 3 is 2.67 bits per heavy atom. The Morgan fingerprint density at radius 1 is 1.60 bits per heavy atom. The molecule has 2 nitrogen and oxygen atoms in total. The van der Waals surface area contributed by atoms with E-state index in [2.05, 4.69) is 19.2 Å². The van der Waals surface area contributed by atoms with Gasteiger partial charge in [-0.1, -0.05) is 13.8 Å². The Bertz CT molecular complexity index is 360. The topological polar surface area (TPSA) is 38.9 Å². The van der Waals surface area contributed by atoms with Crippen LogP contribution in [0.2, 0.25) is 0 Å². The summed E-state index contributed by atoms with van der Waals surface area (Å²) in [6.45, 7) is 8.72. The van der Waals surface area contributed by atoms with Crippen molar-refractivity contribution >= 4 is 11.3 Å². The molecule has 1 atom stereocenters. The lowest BCUT2D eigenvalue weighted by atomic mass is 10.0. The van der Waals surface area contributed by atoms with Crippen LogP contribution in [0.5, 0.6) is 0 Å². The number of hydrogen-bond donors (Lipinski definition) is 1. The molecule has 0 aromatic carbocycles. The molecule has 1 aromatic rings. The Labute approximate surface area is 95.9 Å². The maximum atomic E-state index is 5.99. The quantitative estimate of drug-likeness (QED) is 0.857. The van der Waals surface area contributed by atoms with E-state index in [0.29, 0.717) is 11.3 Å². The van der Waals surface area contributed by atoms with E-state index in [4.69, 9.17) is 10.7 Å². The normalized spacial score (nSPS) is 24.2. The first-order chi connectivity index (χ1) is 6.78. The van der Waals surface area contributed by atoms with Crippen LogP contribution in [-0.2, 0) is 6.42 Å². The monoisotopic (exact) mass is 224 g/mol. The van der Waals surface area contributed by atoms with Gasteiger partial charge in [0.1, 0.15) is 0 Å². The molecule has 0 bridgehead atoms. The van der Waals surface area contributed by atoms with E-state index < -0.39 is 0 Å². The summed E-state index contributed by atoms with van der Waals surface area (Å²) in [6, 6.07) is 0. The molecule has 1 aromatic heterocycles. The van der Waals surface area contributed by atoms with Crippen molar-refractivity contribution in [2.45, 2.75) is 52.0 Å². The van der Waals surface area contributed by atoms with Crippen molar-refractivity contribution in [3.63, 3.8) is 0 Å². The highest BCUT2D eigenvalue weighted by Crippen LogP contribution is 2.59. The second kappa shape index (κ2) is 3.29. The van der Waals surface area contributed by atoms with Gasteiger partial charge in [-0.15, -0.1) is 11.3 Å². The molecule has 2 N–H and O–H groups in total. The smallest absolute Gasteiger partial charge is 0.0964 e. The second-order valence-electron chi connectivity index (χ2n) is 6.09. The third kappa shape index (κ3) is 2.58. The van der Waals surface area contributed by atoms with Crippen molar-refractivity contribution in [1.29, 1.82) is 0 Å². The van der Waals surface area contributed by atoms with Crippen molar-refractivity contribution in [3.05, 3.63) is 16.1 Å². The highest BCUT2D eigenvalue weighted by molar-refractivity contribution is 7.09. The molecule has 1 fully saturated rings. The van der Waals surface area contributed by atoms with Gasteiger partial charge in [0.15, 0.2) is 0 Å². The highest BCUT2D eigenvalue weighted by Gasteiger charge is 2.48. The third-order valence-corrected chi connectivity index (χ3v) is 4.02. The van der Waals surface area contributed by atoms with E-state index in [1.807, 2.05) is 13.8 Å². The van der Waals surface area contributed by atoms with Crippen LogP contribution >= 0.6 is 11.3 Å². The fourth-order valence-corrected chi connectivity index (χ4v) is 3.05. The molecule has 0 saturated heterocycles. The van der Waals surface area contributed by atoms with Crippen molar-refractivity contribution in [2.24, 2.45) is 11.1 Å². The molecular formula is C12H20N2S. The zero-order valence-corrected chi connectivity index (χ0v) is 10.8. The Balaban J connectivity index is 2.06. The van der Waals surface area contributed by atoms with Gasteiger partial charge >= 0.3 is 0 Å². The Hall–Kier alpha value is -0.410. The average molecular weight is 224 g/mol. The van der Waals surface area contributed by atoms with Gasteiger partial charge in [-0.2, -0.15) is 0 Å². The lowest BCUT2D eigenvalue weighted by Gasteiger charge is -2.16. The number of nitrogens with zero attached hydrogens (tertiary/aromatic N) is 1. The van der Waals surface area contributed by atoms with Crippen LogP contribution in [0, 0.1) is 5.41 Å². The maximum absolute atomic E-state index is 5.99. The van der Waals surface area contributed by atoms with Crippen LogP contribution in [0.1, 0.15) is 50.7 Å². The van der Waals surface area contributed by atoms with Gasteiger partial charge in [-0.25, -0.2) is 4.98 Å². The van der Waals surface area contributed by atoms with E-state index in [1.54, 1.807) is 11.3 Å². The number of aromatic nitrogens is 1. The van der Waals surface area contributed by atoms with Crippen LogP contribution in [-0.4, -0.2) is 10.5 Å². The summed E-state index contributed by atoms with van der Waals surface area (Å²) in [5.74, 6) is 0.692. The van der Waals surface area contributed by atoms with E-state index in [9.17, 15) is 0 Å². The van der Waals surface area contributed by atoms with Crippen LogP contribution in [0.15, 0.2) is 5.38 Å². The molecule has 1 aliphatic rings. The lowest BCUT2D eigenvalue weighted by molar-refractivity contribution is 0.510. The summed E-state index contributed by atoms with van der Waals surface area (Å²) in [5.41, 5.74) is 7.48. The molecule has 3 heteroatoms. The van der Waals surface area contributed by atoms with Gasteiger partial charge in [0.25, 0.3) is 0 Å². The standard InChI is InChI=1S/C12H20N2S/c1-11(2)6-9(11)10-14-8(7-15-10)5-12(3,4)13/h7,9H,5-6,13H2,1-4H3. The van der Waals surface area contributed by atoms with E-state index in [0.717, 1.165) is 12.1 Å². The molecule has 1 unspecified atom stereocenters. The molecule has 0 spiro atoms. The molecule has 1 aliphatic carbocycles.